The summed E-state index contributed by atoms with van der Waals surface area (Å²) in [5.74, 6) is 1.02. The summed E-state index contributed by atoms with van der Waals surface area (Å²) in [6.45, 7) is 2.96. The summed E-state index contributed by atoms with van der Waals surface area (Å²) in [6, 6.07) is 12.7. The first-order valence-corrected chi connectivity index (χ1v) is 13.7. The molecule has 1 aromatic heterocycles. The number of hydrogen-bond acceptors (Lipinski definition) is 4. The van der Waals surface area contributed by atoms with Gasteiger partial charge in [0.05, 0.1) is 15.9 Å². The fraction of sp³-hybridized carbons (Fsp3) is 0.462. The maximum absolute atomic E-state index is 13.2. The van der Waals surface area contributed by atoms with Crippen molar-refractivity contribution >= 4 is 27.0 Å². The lowest BCUT2D eigenvalue weighted by molar-refractivity contribution is 0.0927. The molecule has 1 saturated carbocycles. The van der Waals surface area contributed by atoms with Gasteiger partial charge in [-0.05, 0) is 74.6 Å². The van der Waals surface area contributed by atoms with Crippen LogP contribution in [0.2, 0.25) is 0 Å². The lowest BCUT2D eigenvalue weighted by Crippen LogP contribution is -2.38. The molecule has 2 aliphatic rings. The van der Waals surface area contributed by atoms with Crippen LogP contribution in [0, 0.1) is 6.92 Å². The van der Waals surface area contributed by atoms with Gasteiger partial charge in [-0.1, -0.05) is 25.3 Å². The highest BCUT2D eigenvalue weighted by Gasteiger charge is 2.31. The van der Waals surface area contributed by atoms with Gasteiger partial charge in [0, 0.05) is 30.6 Å². The molecule has 7 nitrogen and oxygen atoms in total. The van der Waals surface area contributed by atoms with Crippen LogP contribution in [0.5, 0.6) is 0 Å². The van der Waals surface area contributed by atoms with Crippen LogP contribution in [0.15, 0.2) is 47.4 Å². The summed E-state index contributed by atoms with van der Waals surface area (Å²) >= 11 is 0. The second-order valence-corrected chi connectivity index (χ2v) is 11.6. The van der Waals surface area contributed by atoms with Gasteiger partial charge < -0.3 is 10.3 Å². The first-order valence-electron chi connectivity index (χ1n) is 12.3. The molecule has 1 aliphatic carbocycles. The molecule has 2 aromatic carbocycles. The standard InChI is InChI=1S/C26H32N4O3S/c1-18-7-12-23-24(17-18)29-25(28-23)19-13-15-30(16-14-19)34(32,33)22-10-8-20(9-11-22)26(31)27-21-5-3-2-4-6-21/h7-12,17,19,21H,2-6,13-16H2,1H3,(H,27,31)(H,28,29). The number of hydrogen-bond donors (Lipinski definition) is 2. The topological polar surface area (TPSA) is 95.2 Å². The van der Waals surface area contributed by atoms with Crippen LogP contribution in [-0.4, -0.2) is 47.7 Å². The van der Waals surface area contributed by atoms with E-state index in [1.165, 1.54) is 12.0 Å². The number of benzene rings is 2. The van der Waals surface area contributed by atoms with E-state index >= 15 is 0 Å². The largest absolute Gasteiger partial charge is 0.349 e. The van der Waals surface area contributed by atoms with Crippen LogP contribution in [0.1, 0.15) is 72.6 Å². The van der Waals surface area contributed by atoms with Crippen LogP contribution in [-0.2, 0) is 10.0 Å². The van der Waals surface area contributed by atoms with Crippen molar-refractivity contribution in [1.82, 2.24) is 19.6 Å². The van der Waals surface area contributed by atoms with Crippen molar-refractivity contribution in [2.75, 3.05) is 13.1 Å². The number of nitrogens with zero attached hydrogens (tertiary/aromatic N) is 2. The van der Waals surface area contributed by atoms with Gasteiger partial charge in [0.25, 0.3) is 5.91 Å². The van der Waals surface area contributed by atoms with Crippen LogP contribution in [0.25, 0.3) is 11.0 Å². The summed E-state index contributed by atoms with van der Waals surface area (Å²) < 4.78 is 28.0. The van der Waals surface area contributed by atoms with Crippen LogP contribution in [0.3, 0.4) is 0 Å². The Balaban J connectivity index is 1.22. The average molecular weight is 481 g/mol. The molecule has 0 spiro atoms. The molecule has 2 fully saturated rings. The molecule has 0 unspecified atom stereocenters. The quantitative estimate of drug-likeness (QED) is 0.562. The number of H-pyrrole nitrogens is 1. The van der Waals surface area contributed by atoms with E-state index in [0.29, 0.717) is 18.7 Å². The monoisotopic (exact) mass is 480 g/mol. The molecule has 1 amide bonds. The van der Waals surface area contributed by atoms with Gasteiger partial charge in [0.1, 0.15) is 5.82 Å². The molecule has 34 heavy (non-hydrogen) atoms. The molecule has 8 heteroatoms. The highest BCUT2D eigenvalue weighted by molar-refractivity contribution is 7.89. The lowest BCUT2D eigenvalue weighted by atomic mass is 9.95. The van der Waals surface area contributed by atoms with Crippen molar-refractivity contribution in [2.24, 2.45) is 0 Å². The molecule has 0 bridgehead atoms. The van der Waals surface area contributed by atoms with Crippen molar-refractivity contribution < 1.29 is 13.2 Å². The number of amides is 1. The number of imidazole rings is 1. The van der Waals surface area contributed by atoms with Gasteiger partial charge in [-0.15, -0.1) is 0 Å². The number of carbonyl (C=O) groups excluding carboxylic acids is 1. The van der Waals surface area contributed by atoms with Crippen molar-refractivity contribution in [3.63, 3.8) is 0 Å². The number of aromatic nitrogens is 2. The fourth-order valence-corrected chi connectivity index (χ4v) is 6.62. The van der Waals surface area contributed by atoms with Gasteiger partial charge in [-0.2, -0.15) is 4.31 Å². The van der Waals surface area contributed by atoms with Gasteiger partial charge in [-0.3, -0.25) is 4.79 Å². The minimum absolute atomic E-state index is 0.127. The highest BCUT2D eigenvalue weighted by atomic mass is 32.2. The van der Waals surface area contributed by atoms with Crippen molar-refractivity contribution in [3.8, 4) is 0 Å². The molecular weight excluding hydrogens is 448 g/mol. The third kappa shape index (κ3) is 4.74. The smallest absolute Gasteiger partial charge is 0.251 e. The number of nitrogens with one attached hydrogen (secondary N) is 2. The molecule has 2 N–H and O–H groups in total. The zero-order valence-electron chi connectivity index (χ0n) is 19.6. The van der Waals surface area contributed by atoms with Gasteiger partial charge in [-0.25, -0.2) is 13.4 Å². The summed E-state index contributed by atoms with van der Waals surface area (Å²) in [4.78, 5) is 20.9. The van der Waals surface area contributed by atoms with E-state index in [4.69, 9.17) is 4.98 Å². The maximum atomic E-state index is 13.2. The Hall–Kier alpha value is -2.71. The number of rotatable bonds is 5. The zero-order chi connectivity index (χ0) is 23.7. The molecule has 2 heterocycles. The third-order valence-corrected chi connectivity index (χ3v) is 9.10. The highest BCUT2D eigenvalue weighted by Crippen LogP contribution is 2.30. The van der Waals surface area contributed by atoms with E-state index in [9.17, 15) is 13.2 Å². The summed E-state index contributed by atoms with van der Waals surface area (Å²) in [5.41, 5.74) is 3.66. The second kappa shape index (κ2) is 9.50. The Morgan fingerprint density at radius 2 is 1.71 bits per heavy atom. The maximum Gasteiger partial charge on any atom is 0.251 e. The molecule has 0 atom stereocenters. The van der Waals surface area contributed by atoms with E-state index in [2.05, 4.69) is 23.3 Å². The number of aryl methyl sites for hydroxylation is 1. The Kier molecular flexibility index (Phi) is 6.44. The molecule has 0 radical (unpaired) electrons. The van der Waals surface area contributed by atoms with E-state index < -0.39 is 10.0 Å². The predicted molar refractivity (Wildman–Crippen MR) is 132 cm³/mol. The number of aromatic amines is 1. The van der Waals surface area contributed by atoms with Crippen LogP contribution < -0.4 is 5.32 Å². The third-order valence-electron chi connectivity index (χ3n) is 7.19. The first kappa shape index (κ1) is 23.1. The Morgan fingerprint density at radius 3 is 2.41 bits per heavy atom. The summed E-state index contributed by atoms with van der Waals surface area (Å²) in [7, 11) is -3.60. The molecule has 3 aromatic rings. The zero-order valence-corrected chi connectivity index (χ0v) is 20.4. The van der Waals surface area contributed by atoms with E-state index in [0.717, 1.165) is 55.4 Å². The Labute approximate surface area is 201 Å². The van der Waals surface area contributed by atoms with Crippen molar-refractivity contribution in [2.45, 2.75) is 68.7 Å². The van der Waals surface area contributed by atoms with E-state index in [1.807, 2.05) is 12.1 Å². The molecule has 180 valence electrons. The van der Waals surface area contributed by atoms with Gasteiger partial charge in [0.2, 0.25) is 10.0 Å². The number of fused-ring (bicyclic) bond motifs is 1. The summed E-state index contributed by atoms with van der Waals surface area (Å²) in [6.07, 6.45) is 7.00. The number of sulfonamides is 1. The Bertz CT molecular complexity index is 1270. The van der Waals surface area contributed by atoms with Crippen LogP contribution in [0.4, 0.5) is 0 Å². The average Bonchev–Trinajstić information content (AvgIpc) is 3.28. The van der Waals surface area contributed by atoms with E-state index in [1.54, 1.807) is 28.6 Å². The van der Waals surface area contributed by atoms with Gasteiger partial charge >= 0.3 is 0 Å². The predicted octanol–water partition coefficient (Wildman–Crippen LogP) is 4.50. The Morgan fingerprint density at radius 1 is 1.00 bits per heavy atom. The number of carbonyl (C=O) groups is 1. The van der Waals surface area contributed by atoms with Crippen molar-refractivity contribution in [1.29, 1.82) is 0 Å². The lowest BCUT2D eigenvalue weighted by Gasteiger charge is -2.30. The van der Waals surface area contributed by atoms with Gasteiger partial charge in [0.15, 0.2) is 0 Å². The minimum Gasteiger partial charge on any atom is -0.349 e. The van der Waals surface area contributed by atoms with Crippen molar-refractivity contribution in [3.05, 3.63) is 59.4 Å². The van der Waals surface area contributed by atoms with E-state index in [-0.39, 0.29) is 22.8 Å². The summed E-state index contributed by atoms with van der Waals surface area (Å²) in [5, 5.41) is 3.08. The van der Waals surface area contributed by atoms with Crippen LogP contribution >= 0.6 is 0 Å². The first-order chi connectivity index (χ1) is 16.4. The molecule has 1 aliphatic heterocycles. The minimum atomic E-state index is -3.60. The normalized spacial score (nSPS) is 18.9. The second-order valence-electron chi connectivity index (χ2n) is 9.65. The fourth-order valence-electron chi connectivity index (χ4n) is 5.15. The SMILES string of the molecule is Cc1ccc2nc(C3CCN(S(=O)(=O)c4ccc(C(=O)NC5CCCCC5)cc4)CC3)[nH]c2c1. The molecular formula is C26H32N4O3S. The molecule has 5 rings (SSSR count). The number of piperidine rings is 1. The molecule has 1 saturated heterocycles.